The lowest BCUT2D eigenvalue weighted by atomic mass is 10.0. The summed E-state index contributed by atoms with van der Waals surface area (Å²) in [7, 11) is 0. The highest BCUT2D eigenvalue weighted by Crippen LogP contribution is 2.22. The van der Waals surface area contributed by atoms with E-state index in [1.165, 1.54) is 20.3 Å². The lowest BCUT2D eigenvalue weighted by Gasteiger charge is -2.03. The summed E-state index contributed by atoms with van der Waals surface area (Å²) in [6, 6.07) is 17.0. The van der Waals surface area contributed by atoms with E-state index in [0.717, 1.165) is 0 Å². The normalized spacial score (nSPS) is 10.1. The molecule has 0 N–H and O–H groups in total. The molecule has 0 nitrogen and oxygen atoms in total. The third-order valence-electron chi connectivity index (χ3n) is 2.28. The van der Waals surface area contributed by atoms with E-state index in [1.54, 1.807) is 0 Å². The molecule has 0 aliphatic heterocycles. The van der Waals surface area contributed by atoms with Gasteiger partial charge in [-0.25, -0.2) is 0 Å². The maximum absolute atomic E-state index is 2.38. The molecule has 0 saturated heterocycles. The monoisotopic (exact) mass is 294 g/mol. The van der Waals surface area contributed by atoms with E-state index in [2.05, 4.69) is 72.0 Å². The molecule has 1 heteroatoms. The minimum Gasteiger partial charge on any atom is -0.0622 e. The summed E-state index contributed by atoms with van der Waals surface area (Å²) in [5.74, 6) is 0. The van der Waals surface area contributed by atoms with Crippen LogP contribution in [0.4, 0.5) is 0 Å². The molecular formula is C13H11I. The van der Waals surface area contributed by atoms with Crippen molar-refractivity contribution in [3.05, 3.63) is 57.7 Å². The molecule has 0 heterocycles. The van der Waals surface area contributed by atoms with Crippen LogP contribution in [0.1, 0.15) is 5.56 Å². The van der Waals surface area contributed by atoms with Gasteiger partial charge in [0, 0.05) is 3.57 Å². The van der Waals surface area contributed by atoms with Crippen LogP contribution in [-0.2, 0) is 0 Å². The summed E-state index contributed by atoms with van der Waals surface area (Å²) in [6.07, 6.45) is 0. The average Bonchev–Trinajstić information content (AvgIpc) is 2.23. The predicted molar refractivity (Wildman–Crippen MR) is 69.3 cm³/mol. The SMILES string of the molecule is Cc1ccc(-c2ccccc2)cc1I. The van der Waals surface area contributed by atoms with Crippen molar-refractivity contribution < 1.29 is 0 Å². The van der Waals surface area contributed by atoms with Gasteiger partial charge in [0.1, 0.15) is 0 Å². The van der Waals surface area contributed by atoms with Crippen molar-refractivity contribution in [2.75, 3.05) is 0 Å². The minimum atomic E-state index is 1.28. The van der Waals surface area contributed by atoms with E-state index < -0.39 is 0 Å². The van der Waals surface area contributed by atoms with E-state index in [0.29, 0.717) is 0 Å². The van der Waals surface area contributed by atoms with Crippen LogP contribution in [0, 0.1) is 10.5 Å². The number of rotatable bonds is 1. The summed E-state index contributed by atoms with van der Waals surface area (Å²) in [5.41, 5.74) is 3.91. The van der Waals surface area contributed by atoms with Crippen molar-refractivity contribution in [2.45, 2.75) is 6.92 Å². The van der Waals surface area contributed by atoms with E-state index in [1.807, 2.05) is 6.07 Å². The highest BCUT2D eigenvalue weighted by Gasteiger charge is 1.98. The first kappa shape index (κ1) is 9.71. The van der Waals surface area contributed by atoms with Crippen molar-refractivity contribution in [3.63, 3.8) is 0 Å². The molecule has 0 atom stereocenters. The first-order valence-electron chi connectivity index (χ1n) is 4.59. The molecular weight excluding hydrogens is 283 g/mol. The van der Waals surface area contributed by atoms with Gasteiger partial charge in [-0.15, -0.1) is 0 Å². The van der Waals surface area contributed by atoms with Gasteiger partial charge in [0.2, 0.25) is 0 Å². The molecule has 0 saturated carbocycles. The summed E-state index contributed by atoms with van der Waals surface area (Å²) in [6.45, 7) is 2.14. The van der Waals surface area contributed by atoms with E-state index in [9.17, 15) is 0 Å². The molecule has 0 aromatic heterocycles. The van der Waals surface area contributed by atoms with Crippen LogP contribution in [0.5, 0.6) is 0 Å². The molecule has 0 spiro atoms. The minimum absolute atomic E-state index is 1.28. The zero-order chi connectivity index (χ0) is 9.97. The fourth-order valence-electron chi connectivity index (χ4n) is 1.40. The van der Waals surface area contributed by atoms with Crippen LogP contribution in [0.2, 0.25) is 0 Å². The molecule has 0 radical (unpaired) electrons. The fraction of sp³-hybridized carbons (Fsp3) is 0.0769. The van der Waals surface area contributed by atoms with Crippen molar-refractivity contribution in [1.82, 2.24) is 0 Å². The highest BCUT2D eigenvalue weighted by atomic mass is 127. The second-order valence-corrected chi connectivity index (χ2v) is 4.49. The zero-order valence-electron chi connectivity index (χ0n) is 8.00. The maximum Gasteiger partial charge on any atom is 0.0165 e. The number of hydrogen-bond acceptors (Lipinski definition) is 0. The number of aryl methyl sites for hydroxylation is 1. The molecule has 0 amide bonds. The first-order valence-corrected chi connectivity index (χ1v) is 5.67. The van der Waals surface area contributed by atoms with Gasteiger partial charge in [0.05, 0.1) is 0 Å². The van der Waals surface area contributed by atoms with Gasteiger partial charge >= 0.3 is 0 Å². The smallest absolute Gasteiger partial charge is 0.0165 e. The molecule has 0 fully saturated rings. The standard InChI is InChI=1S/C13H11I/c1-10-7-8-12(9-13(10)14)11-5-3-2-4-6-11/h2-9H,1H3. The van der Waals surface area contributed by atoms with Crippen LogP contribution in [0.25, 0.3) is 11.1 Å². The largest absolute Gasteiger partial charge is 0.0622 e. The van der Waals surface area contributed by atoms with Crippen LogP contribution in [-0.4, -0.2) is 0 Å². The van der Waals surface area contributed by atoms with Crippen LogP contribution >= 0.6 is 22.6 Å². The zero-order valence-corrected chi connectivity index (χ0v) is 10.2. The van der Waals surface area contributed by atoms with Gasteiger partial charge in [-0.05, 0) is 52.3 Å². The Bertz CT molecular complexity index is 432. The average molecular weight is 294 g/mol. The lowest BCUT2D eigenvalue weighted by Crippen LogP contribution is -1.82. The molecule has 0 bridgehead atoms. The fourth-order valence-corrected chi connectivity index (χ4v) is 1.92. The van der Waals surface area contributed by atoms with Crippen molar-refractivity contribution in [1.29, 1.82) is 0 Å². The van der Waals surface area contributed by atoms with Gasteiger partial charge in [-0.1, -0.05) is 42.5 Å². The summed E-state index contributed by atoms with van der Waals surface area (Å²) in [5, 5.41) is 0. The van der Waals surface area contributed by atoms with Gasteiger partial charge in [-0.3, -0.25) is 0 Å². The summed E-state index contributed by atoms with van der Waals surface area (Å²) >= 11 is 2.38. The third-order valence-corrected chi connectivity index (χ3v) is 3.44. The lowest BCUT2D eigenvalue weighted by molar-refractivity contribution is 1.42. The Morgan fingerprint density at radius 1 is 0.857 bits per heavy atom. The van der Waals surface area contributed by atoms with Crippen molar-refractivity contribution >= 4 is 22.6 Å². The Labute approximate surface area is 98.1 Å². The molecule has 0 aliphatic carbocycles. The van der Waals surface area contributed by atoms with Crippen molar-refractivity contribution in [3.8, 4) is 11.1 Å². The number of hydrogen-bond donors (Lipinski definition) is 0. The number of halogens is 1. The molecule has 2 rings (SSSR count). The van der Waals surface area contributed by atoms with E-state index in [4.69, 9.17) is 0 Å². The van der Waals surface area contributed by atoms with Gasteiger partial charge in [0.15, 0.2) is 0 Å². The van der Waals surface area contributed by atoms with Crippen LogP contribution < -0.4 is 0 Å². The van der Waals surface area contributed by atoms with Gasteiger partial charge in [0.25, 0.3) is 0 Å². The highest BCUT2D eigenvalue weighted by molar-refractivity contribution is 14.1. The van der Waals surface area contributed by atoms with Gasteiger partial charge < -0.3 is 0 Å². The quantitative estimate of drug-likeness (QED) is 0.689. The molecule has 14 heavy (non-hydrogen) atoms. The van der Waals surface area contributed by atoms with Crippen LogP contribution in [0.15, 0.2) is 48.5 Å². The second kappa shape index (κ2) is 4.13. The third kappa shape index (κ3) is 1.98. The van der Waals surface area contributed by atoms with E-state index in [-0.39, 0.29) is 0 Å². The summed E-state index contributed by atoms with van der Waals surface area (Å²) < 4.78 is 1.32. The predicted octanol–water partition coefficient (Wildman–Crippen LogP) is 4.27. The topological polar surface area (TPSA) is 0 Å². The molecule has 0 aliphatic rings. The Kier molecular flexibility index (Phi) is 2.87. The Balaban J connectivity index is 2.48. The van der Waals surface area contributed by atoms with Gasteiger partial charge in [-0.2, -0.15) is 0 Å². The molecule has 0 unspecified atom stereocenters. The molecule has 70 valence electrons. The molecule has 2 aromatic carbocycles. The molecule has 2 aromatic rings. The Morgan fingerprint density at radius 3 is 2.21 bits per heavy atom. The maximum atomic E-state index is 2.38. The van der Waals surface area contributed by atoms with Crippen molar-refractivity contribution in [2.24, 2.45) is 0 Å². The first-order chi connectivity index (χ1) is 6.77. The number of benzene rings is 2. The van der Waals surface area contributed by atoms with Crippen LogP contribution in [0.3, 0.4) is 0 Å². The Hall–Kier alpha value is -0.830. The Morgan fingerprint density at radius 2 is 1.57 bits per heavy atom. The second-order valence-electron chi connectivity index (χ2n) is 3.33. The summed E-state index contributed by atoms with van der Waals surface area (Å²) in [4.78, 5) is 0. The van der Waals surface area contributed by atoms with E-state index >= 15 is 0 Å².